The highest BCUT2D eigenvalue weighted by Gasteiger charge is 2.26. The van der Waals surface area contributed by atoms with Crippen molar-refractivity contribution >= 4 is 5.97 Å². The first-order chi connectivity index (χ1) is 10.7. The number of benzene rings is 2. The molecule has 0 saturated carbocycles. The molecule has 0 aliphatic heterocycles. The minimum absolute atomic E-state index is 0.491. The van der Waals surface area contributed by atoms with Gasteiger partial charge in [-0.15, -0.1) is 0 Å². The third-order valence-corrected chi connectivity index (χ3v) is 3.49. The van der Waals surface area contributed by atoms with Crippen molar-refractivity contribution in [2.75, 3.05) is 0 Å². The fraction of sp³-hybridized carbons (Fsp3) is 0.0588. The fourth-order valence-corrected chi connectivity index (χ4v) is 2.42. The molecule has 0 radical (unpaired) electrons. The molecule has 0 aliphatic rings. The van der Waals surface area contributed by atoms with E-state index in [1.54, 1.807) is 0 Å². The summed E-state index contributed by atoms with van der Waals surface area (Å²) in [6, 6.07) is 17.7. The van der Waals surface area contributed by atoms with Gasteiger partial charge in [0.15, 0.2) is 0 Å². The minimum Gasteiger partial charge on any atom is -0.480 e. The van der Waals surface area contributed by atoms with Gasteiger partial charge in [0.1, 0.15) is 6.04 Å². The van der Waals surface area contributed by atoms with E-state index in [-0.39, 0.29) is 0 Å². The Morgan fingerprint density at radius 3 is 2.09 bits per heavy atom. The zero-order valence-electron chi connectivity index (χ0n) is 11.7. The van der Waals surface area contributed by atoms with Crippen LogP contribution in [0, 0.1) is 0 Å². The summed E-state index contributed by atoms with van der Waals surface area (Å²) < 4.78 is 0. The molecular formula is C17H15N3O2. The molecule has 5 nitrogen and oxygen atoms in total. The van der Waals surface area contributed by atoms with Crippen molar-refractivity contribution in [1.29, 1.82) is 0 Å². The van der Waals surface area contributed by atoms with Gasteiger partial charge in [0, 0.05) is 11.1 Å². The first-order valence-corrected chi connectivity index (χ1v) is 6.86. The SMILES string of the molecule is NC(C(=O)O)c1c(-c2ccccc2)n[nH]c1-c1ccccc1. The number of carboxylic acid groups (broad SMARTS) is 1. The molecule has 0 amide bonds. The van der Waals surface area contributed by atoms with Crippen molar-refractivity contribution in [2.24, 2.45) is 5.73 Å². The van der Waals surface area contributed by atoms with Crippen molar-refractivity contribution in [2.45, 2.75) is 6.04 Å². The summed E-state index contributed by atoms with van der Waals surface area (Å²) >= 11 is 0. The molecule has 0 saturated heterocycles. The van der Waals surface area contributed by atoms with Crippen molar-refractivity contribution in [1.82, 2.24) is 10.2 Å². The topological polar surface area (TPSA) is 92.0 Å². The van der Waals surface area contributed by atoms with Crippen LogP contribution >= 0.6 is 0 Å². The number of aromatic nitrogens is 2. The Morgan fingerprint density at radius 1 is 1.00 bits per heavy atom. The van der Waals surface area contributed by atoms with E-state index in [2.05, 4.69) is 10.2 Å². The number of carbonyl (C=O) groups is 1. The Balaban J connectivity index is 2.21. The normalized spacial score (nSPS) is 12.0. The van der Waals surface area contributed by atoms with Gasteiger partial charge in [-0.3, -0.25) is 9.89 Å². The van der Waals surface area contributed by atoms with Crippen LogP contribution in [0.4, 0.5) is 0 Å². The molecule has 1 atom stereocenters. The first-order valence-electron chi connectivity index (χ1n) is 6.86. The maximum Gasteiger partial charge on any atom is 0.325 e. The lowest BCUT2D eigenvalue weighted by Crippen LogP contribution is -2.21. The summed E-state index contributed by atoms with van der Waals surface area (Å²) in [4.78, 5) is 11.4. The quantitative estimate of drug-likeness (QED) is 0.689. The zero-order chi connectivity index (χ0) is 15.5. The molecule has 110 valence electrons. The van der Waals surface area contributed by atoms with Gasteiger partial charge >= 0.3 is 5.97 Å². The fourth-order valence-electron chi connectivity index (χ4n) is 2.42. The lowest BCUT2D eigenvalue weighted by atomic mass is 9.97. The highest BCUT2D eigenvalue weighted by molar-refractivity contribution is 5.84. The molecule has 3 rings (SSSR count). The molecule has 2 aromatic carbocycles. The smallest absolute Gasteiger partial charge is 0.325 e. The monoisotopic (exact) mass is 293 g/mol. The zero-order valence-corrected chi connectivity index (χ0v) is 11.7. The second-order valence-electron chi connectivity index (χ2n) is 4.91. The van der Waals surface area contributed by atoms with Crippen molar-refractivity contribution in [3.05, 3.63) is 66.2 Å². The number of nitrogens with zero attached hydrogens (tertiary/aromatic N) is 1. The highest BCUT2D eigenvalue weighted by atomic mass is 16.4. The van der Waals surface area contributed by atoms with Crippen LogP contribution in [0.2, 0.25) is 0 Å². The highest BCUT2D eigenvalue weighted by Crippen LogP contribution is 2.33. The number of carboxylic acids is 1. The molecule has 22 heavy (non-hydrogen) atoms. The molecule has 0 fully saturated rings. The van der Waals surface area contributed by atoms with Crippen molar-refractivity contribution in [3.63, 3.8) is 0 Å². The number of rotatable bonds is 4. The number of H-pyrrole nitrogens is 1. The Morgan fingerprint density at radius 2 is 1.55 bits per heavy atom. The molecule has 3 aromatic rings. The van der Waals surface area contributed by atoms with Gasteiger partial charge in [-0.1, -0.05) is 60.7 Å². The van der Waals surface area contributed by atoms with E-state index in [0.717, 1.165) is 11.1 Å². The molecule has 1 heterocycles. The number of hydrogen-bond donors (Lipinski definition) is 3. The molecule has 0 aliphatic carbocycles. The van der Waals surface area contributed by atoms with E-state index in [4.69, 9.17) is 5.73 Å². The predicted molar refractivity (Wildman–Crippen MR) is 84.0 cm³/mol. The van der Waals surface area contributed by atoms with Gasteiger partial charge in [0.2, 0.25) is 0 Å². The summed E-state index contributed by atoms with van der Waals surface area (Å²) in [6.07, 6.45) is 0. The first kappa shape index (κ1) is 14.0. The lowest BCUT2D eigenvalue weighted by Gasteiger charge is -2.10. The average Bonchev–Trinajstić information content (AvgIpc) is 3.00. The maximum absolute atomic E-state index is 11.4. The van der Waals surface area contributed by atoms with Gasteiger partial charge in [0.25, 0.3) is 0 Å². The summed E-state index contributed by atoms with van der Waals surface area (Å²) in [5.41, 5.74) is 9.26. The van der Waals surface area contributed by atoms with Crippen molar-refractivity contribution in [3.8, 4) is 22.5 Å². The molecule has 1 unspecified atom stereocenters. The Kier molecular flexibility index (Phi) is 3.72. The van der Waals surface area contributed by atoms with Gasteiger partial charge in [-0.05, 0) is 5.56 Å². The second kappa shape index (κ2) is 5.83. The number of aliphatic carboxylic acids is 1. The van der Waals surface area contributed by atoms with E-state index >= 15 is 0 Å². The maximum atomic E-state index is 11.4. The third kappa shape index (κ3) is 2.49. The Bertz CT molecular complexity index is 725. The van der Waals surface area contributed by atoms with Crippen LogP contribution < -0.4 is 5.73 Å². The lowest BCUT2D eigenvalue weighted by molar-refractivity contribution is -0.138. The molecule has 5 heteroatoms. The number of nitrogens with one attached hydrogen (secondary N) is 1. The van der Waals surface area contributed by atoms with Crippen molar-refractivity contribution < 1.29 is 9.90 Å². The molecule has 1 aromatic heterocycles. The van der Waals surface area contributed by atoms with E-state index < -0.39 is 12.0 Å². The predicted octanol–water partition coefficient (Wildman–Crippen LogP) is 2.83. The van der Waals surface area contributed by atoms with E-state index in [1.807, 2.05) is 60.7 Å². The van der Waals surface area contributed by atoms with E-state index in [9.17, 15) is 9.90 Å². The molecule has 4 N–H and O–H groups in total. The summed E-state index contributed by atoms with van der Waals surface area (Å²) in [6.45, 7) is 0. The largest absolute Gasteiger partial charge is 0.480 e. The van der Waals surface area contributed by atoms with Gasteiger partial charge in [-0.25, -0.2) is 0 Å². The Labute approximate surface area is 127 Å². The number of hydrogen-bond acceptors (Lipinski definition) is 3. The van der Waals surface area contributed by atoms with Crippen LogP contribution in [-0.2, 0) is 4.79 Å². The number of aromatic amines is 1. The van der Waals surface area contributed by atoms with Crippen LogP contribution in [0.3, 0.4) is 0 Å². The minimum atomic E-state index is -1.15. The second-order valence-corrected chi connectivity index (χ2v) is 4.91. The van der Waals surface area contributed by atoms with Crippen LogP contribution in [0.5, 0.6) is 0 Å². The van der Waals surface area contributed by atoms with Gasteiger partial charge < -0.3 is 10.8 Å². The van der Waals surface area contributed by atoms with Crippen LogP contribution in [0.25, 0.3) is 22.5 Å². The van der Waals surface area contributed by atoms with E-state index in [0.29, 0.717) is 17.0 Å². The molecule has 0 spiro atoms. The van der Waals surface area contributed by atoms with Crippen LogP contribution in [0.15, 0.2) is 60.7 Å². The summed E-state index contributed by atoms with van der Waals surface area (Å²) in [7, 11) is 0. The summed E-state index contributed by atoms with van der Waals surface area (Å²) in [5.74, 6) is -1.09. The molecular weight excluding hydrogens is 278 g/mol. The third-order valence-electron chi connectivity index (χ3n) is 3.49. The van der Waals surface area contributed by atoms with Crippen LogP contribution in [-0.4, -0.2) is 21.3 Å². The molecule has 0 bridgehead atoms. The van der Waals surface area contributed by atoms with E-state index in [1.165, 1.54) is 0 Å². The average molecular weight is 293 g/mol. The number of nitrogens with two attached hydrogens (primary N) is 1. The van der Waals surface area contributed by atoms with Gasteiger partial charge in [0.05, 0.1) is 11.4 Å². The standard InChI is InChI=1S/C17H15N3O2/c18-14(17(21)22)13-15(11-7-3-1-4-8-11)19-20-16(13)12-9-5-2-6-10-12/h1-10,14H,18H2,(H,19,20)(H,21,22). The van der Waals surface area contributed by atoms with Gasteiger partial charge in [-0.2, -0.15) is 5.10 Å². The van der Waals surface area contributed by atoms with Crippen LogP contribution in [0.1, 0.15) is 11.6 Å². The Hall–Kier alpha value is -2.92. The summed E-state index contributed by atoms with van der Waals surface area (Å²) in [5, 5.41) is 16.6.